The Morgan fingerprint density at radius 3 is 2.11 bits per heavy atom. The van der Waals surface area contributed by atoms with Crippen LogP contribution in [0.5, 0.6) is 0 Å². The van der Waals surface area contributed by atoms with Crippen molar-refractivity contribution in [1.82, 2.24) is 5.32 Å². The van der Waals surface area contributed by atoms with Gasteiger partial charge in [-0.05, 0) is 25.3 Å². The molecule has 108 valence electrons. The minimum Gasteiger partial charge on any atom is -0.480 e. The lowest BCUT2D eigenvalue weighted by molar-refractivity contribution is -0.139. The molecule has 0 aliphatic carbocycles. The second kappa shape index (κ2) is 11.5. The molecule has 0 heterocycles. The van der Waals surface area contributed by atoms with Crippen LogP contribution in [0.1, 0.15) is 72.1 Å². The van der Waals surface area contributed by atoms with Gasteiger partial charge < -0.3 is 10.4 Å². The van der Waals surface area contributed by atoms with Crippen molar-refractivity contribution in [1.29, 1.82) is 0 Å². The molecule has 0 aliphatic rings. The summed E-state index contributed by atoms with van der Waals surface area (Å²) in [5.41, 5.74) is 0. The Morgan fingerprint density at radius 1 is 1.06 bits per heavy atom. The number of hydrogen-bond donors (Lipinski definition) is 2. The maximum atomic E-state index is 11.0. The summed E-state index contributed by atoms with van der Waals surface area (Å²) < 4.78 is 0. The summed E-state index contributed by atoms with van der Waals surface area (Å²) in [6.07, 6.45) is 9.59. The zero-order valence-corrected chi connectivity index (χ0v) is 12.4. The Morgan fingerprint density at radius 2 is 1.61 bits per heavy atom. The van der Waals surface area contributed by atoms with Gasteiger partial charge in [0, 0.05) is 0 Å². The Hall–Kier alpha value is -0.570. The molecule has 3 nitrogen and oxygen atoms in total. The summed E-state index contributed by atoms with van der Waals surface area (Å²) in [6.45, 7) is 7.18. The number of carboxylic acid groups (broad SMARTS) is 1. The lowest BCUT2D eigenvalue weighted by Crippen LogP contribution is -2.38. The van der Waals surface area contributed by atoms with Crippen LogP contribution in [-0.4, -0.2) is 23.7 Å². The number of carbonyl (C=O) groups is 1. The van der Waals surface area contributed by atoms with Gasteiger partial charge in [0.2, 0.25) is 0 Å². The van der Waals surface area contributed by atoms with Crippen molar-refractivity contribution in [2.24, 2.45) is 5.92 Å². The minimum absolute atomic E-state index is 0.370. The van der Waals surface area contributed by atoms with Gasteiger partial charge in [0.05, 0.1) is 0 Å². The smallest absolute Gasteiger partial charge is 0.320 e. The van der Waals surface area contributed by atoms with E-state index in [1.165, 1.54) is 38.5 Å². The zero-order valence-electron chi connectivity index (χ0n) is 12.4. The lowest BCUT2D eigenvalue weighted by Gasteiger charge is -2.16. The second-order valence-electron chi connectivity index (χ2n) is 5.60. The summed E-state index contributed by atoms with van der Waals surface area (Å²) in [5.74, 6) is -0.292. The lowest BCUT2D eigenvalue weighted by atomic mass is 10.0. The van der Waals surface area contributed by atoms with Gasteiger partial charge in [0.15, 0.2) is 0 Å². The van der Waals surface area contributed by atoms with Crippen molar-refractivity contribution in [2.45, 2.75) is 78.2 Å². The van der Waals surface area contributed by atoms with E-state index in [1.54, 1.807) is 0 Å². The molecule has 0 aromatic heterocycles. The summed E-state index contributed by atoms with van der Waals surface area (Å²) in [6, 6.07) is -0.370. The van der Waals surface area contributed by atoms with Crippen LogP contribution in [0.15, 0.2) is 0 Å². The molecule has 0 bridgehead atoms. The fraction of sp³-hybridized carbons (Fsp3) is 0.933. The quantitative estimate of drug-likeness (QED) is 0.522. The van der Waals surface area contributed by atoms with E-state index in [1.807, 2.05) is 0 Å². The van der Waals surface area contributed by atoms with E-state index in [4.69, 9.17) is 5.11 Å². The highest BCUT2D eigenvalue weighted by atomic mass is 16.4. The van der Waals surface area contributed by atoms with Crippen molar-refractivity contribution in [2.75, 3.05) is 6.54 Å². The van der Waals surface area contributed by atoms with E-state index in [-0.39, 0.29) is 6.04 Å². The number of nitrogens with one attached hydrogen (secondary N) is 1. The van der Waals surface area contributed by atoms with Gasteiger partial charge in [-0.15, -0.1) is 0 Å². The van der Waals surface area contributed by atoms with E-state index < -0.39 is 5.97 Å². The van der Waals surface area contributed by atoms with Crippen LogP contribution >= 0.6 is 0 Å². The van der Waals surface area contributed by atoms with Crippen molar-refractivity contribution < 1.29 is 9.90 Å². The zero-order chi connectivity index (χ0) is 13.8. The third-order valence-corrected chi connectivity index (χ3v) is 3.18. The normalized spacial score (nSPS) is 12.9. The van der Waals surface area contributed by atoms with Crippen molar-refractivity contribution in [3.05, 3.63) is 0 Å². The van der Waals surface area contributed by atoms with Crippen LogP contribution in [0.2, 0.25) is 0 Å². The third kappa shape index (κ3) is 10.6. The van der Waals surface area contributed by atoms with E-state index >= 15 is 0 Å². The van der Waals surface area contributed by atoms with Gasteiger partial charge >= 0.3 is 5.97 Å². The molecule has 0 aromatic carbocycles. The molecular formula is C15H31NO2. The fourth-order valence-corrected chi connectivity index (χ4v) is 2.10. The molecule has 0 saturated carbocycles. The summed E-state index contributed by atoms with van der Waals surface area (Å²) >= 11 is 0. The molecule has 3 heteroatoms. The maximum absolute atomic E-state index is 11.0. The molecule has 1 atom stereocenters. The highest BCUT2D eigenvalue weighted by molar-refractivity contribution is 5.73. The number of rotatable bonds is 12. The first-order valence-electron chi connectivity index (χ1n) is 7.54. The number of unbranched alkanes of at least 4 members (excludes halogenated alkanes) is 6. The Kier molecular flexibility index (Phi) is 11.2. The summed E-state index contributed by atoms with van der Waals surface area (Å²) in [7, 11) is 0. The fourth-order valence-electron chi connectivity index (χ4n) is 2.10. The van der Waals surface area contributed by atoms with E-state index in [0.29, 0.717) is 12.3 Å². The predicted octanol–water partition coefficient (Wildman–Crippen LogP) is 3.83. The average molecular weight is 257 g/mol. The SMILES string of the molecule is CCCCCCCCCN[C@@H](CC(C)C)C(=O)O. The first-order valence-corrected chi connectivity index (χ1v) is 7.54. The predicted molar refractivity (Wildman–Crippen MR) is 76.9 cm³/mol. The van der Waals surface area contributed by atoms with Crippen molar-refractivity contribution in [3.8, 4) is 0 Å². The van der Waals surface area contributed by atoms with Crippen LogP contribution in [0.25, 0.3) is 0 Å². The van der Waals surface area contributed by atoms with Gasteiger partial charge in [-0.1, -0.05) is 59.3 Å². The molecule has 0 radical (unpaired) electrons. The molecule has 0 amide bonds. The molecule has 18 heavy (non-hydrogen) atoms. The number of hydrogen-bond acceptors (Lipinski definition) is 2. The van der Waals surface area contributed by atoms with Gasteiger partial charge in [-0.3, -0.25) is 4.79 Å². The molecule has 0 rings (SSSR count). The average Bonchev–Trinajstić information content (AvgIpc) is 2.30. The summed E-state index contributed by atoms with van der Waals surface area (Å²) in [5, 5.41) is 12.2. The van der Waals surface area contributed by atoms with Crippen LogP contribution < -0.4 is 5.32 Å². The van der Waals surface area contributed by atoms with Gasteiger partial charge in [-0.25, -0.2) is 0 Å². The molecule has 0 aliphatic heterocycles. The molecule has 0 spiro atoms. The maximum Gasteiger partial charge on any atom is 0.320 e. The highest BCUT2D eigenvalue weighted by Gasteiger charge is 2.17. The van der Waals surface area contributed by atoms with Crippen LogP contribution in [-0.2, 0) is 4.79 Å². The second-order valence-corrected chi connectivity index (χ2v) is 5.60. The monoisotopic (exact) mass is 257 g/mol. The van der Waals surface area contributed by atoms with Gasteiger partial charge in [0.25, 0.3) is 0 Å². The van der Waals surface area contributed by atoms with Crippen LogP contribution in [0.3, 0.4) is 0 Å². The van der Waals surface area contributed by atoms with E-state index in [0.717, 1.165) is 13.0 Å². The van der Waals surface area contributed by atoms with Crippen molar-refractivity contribution >= 4 is 5.97 Å². The number of aliphatic carboxylic acids is 1. The first-order chi connectivity index (χ1) is 8.57. The Bertz CT molecular complexity index is 205. The molecule has 2 N–H and O–H groups in total. The molecule has 0 aromatic rings. The Labute approximate surface area is 112 Å². The molecule has 0 saturated heterocycles. The van der Waals surface area contributed by atoms with Gasteiger partial charge in [0.1, 0.15) is 6.04 Å². The first kappa shape index (κ1) is 17.4. The highest BCUT2D eigenvalue weighted by Crippen LogP contribution is 2.08. The Balaban J connectivity index is 3.47. The minimum atomic E-state index is -0.716. The van der Waals surface area contributed by atoms with Crippen LogP contribution in [0, 0.1) is 5.92 Å². The largest absolute Gasteiger partial charge is 0.480 e. The van der Waals surface area contributed by atoms with E-state index in [9.17, 15) is 4.79 Å². The van der Waals surface area contributed by atoms with E-state index in [2.05, 4.69) is 26.1 Å². The molecule has 0 unspecified atom stereocenters. The third-order valence-electron chi connectivity index (χ3n) is 3.18. The topological polar surface area (TPSA) is 49.3 Å². The van der Waals surface area contributed by atoms with Crippen molar-refractivity contribution in [3.63, 3.8) is 0 Å². The molecule has 0 fully saturated rings. The summed E-state index contributed by atoms with van der Waals surface area (Å²) in [4.78, 5) is 11.0. The standard InChI is InChI=1S/C15H31NO2/c1-4-5-6-7-8-9-10-11-16-14(15(17)18)12-13(2)3/h13-14,16H,4-12H2,1-3H3,(H,17,18)/t14-/m0/s1. The molecular weight excluding hydrogens is 226 g/mol. The number of carboxylic acids is 1. The van der Waals surface area contributed by atoms with Gasteiger partial charge in [-0.2, -0.15) is 0 Å². The van der Waals surface area contributed by atoms with Crippen LogP contribution in [0.4, 0.5) is 0 Å².